The predicted octanol–water partition coefficient (Wildman–Crippen LogP) is 3.35. The van der Waals surface area contributed by atoms with E-state index in [4.69, 9.17) is 9.57 Å². The molecule has 7 nitrogen and oxygen atoms in total. The Morgan fingerprint density at radius 2 is 2.19 bits per heavy atom. The van der Waals surface area contributed by atoms with E-state index in [-0.39, 0.29) is 24.5 Å². The molecular formula is C19H19FN4O3. The SMILES string of the molecule is C=COCCONC(=O)c1cc2ccncn2c1Nc1ccc(C)cc1F. The fourth-order valence-electron chi connectivity index (χ4n) is 2.52. The molecule has 27 heavy (non-hydrogen) atoms. The van der Waals surface area contributed by atoms with Gasteiger partial charge in [0.15, 0.2) is 0 Å². The first-order valence-corrected chi connectivity index (χ1v) is 8.23. The summed E-state index contributed by atoms with van der Waals surface area (Å²) in [6.45, 7) is 5.63. The van der Waals surface area contributed by atoms with E-state index in [2.05, 4.69) is 22.4 Å². The van der Waals surface area contributed by atoms with Gasteiger partial charge in [-0.05, 0) is 36.8 Å². The maximum absolute atomic E-state index is 14.3. The van der Waals surface area contributed by atoms with Crippen LogP contribution >= 0.6 is 0 Å². The molecule has 0 saturated heterocycles. The molecule has 3 aromatic rings. The van der Waals surface area contributed by atoms with Gasteiger partial charge in [0.05, 0.1) is 23.0 Å². The number of ether oxygens (including phenoxy) is 1. The van der Waals surface area contributed by atoms with E-state index in [0.29, 0.717) is 5.82 Å². The van der Waals surface area contributed by atoms with E-state index >= 15 is 0 Å². The summed E-state index contributed by atoms with van der Waals surface area (Å²) in [5, 5.41) is 2.98. The fraction of sp³-hybridized carbons (Fsp3) is 0.158. The minimum Gasteiger partial charge on any atom is -0.499 e. The molecule has 0 fully saturated rings. The number of rotatable bonds is 8. The molecule has 0 aliphatic heterocycles. The smallest absolute Gasteiger partial charge is 0.278 e. The van der Waals surface area contributed by atoms with E-state index in [0.717, 1.165) is 11.1 Å². The Kier molecular flexibility index (Phi) is 5.68. The van der Waals surface area contributed by atoms with Crippen molar-refractivity contribution in [3.8, 4) is 0 Å². The van der Waals surface area contributed by atoms with Gasteiger partial charge in [-0.15, -0.1) is 0 Å². The summed E-state index contributed by atoms with van der Waals surface area (Å²) in [6.07, 6.45) is 4.44. The molecule has 0 radical (unpaired) electrons. The first-order chi connectivity index (χ1) is 13.1. The Balaban J connectivity index is 1.87. The third-order valence-corrected chi connectivity index (χ3v) is 3.79. The van der Waals surface area contributed by atoms with Gasteiger partial charge in [0, 0.05) is 6.20 Å². The molecule has 0 aliphatic rings. The van der Waals surface area contributed by atoms with Gasteiger partial charge < -0.3 is 10.1 Å². The van der Waals surface area contributed by atoms with Crippen LogP contribution in [-0.2, 0) is 9.57 Å². The van der Waals surface area contributed by atoms with E-state index in [1.54, 1.807) is 48.1 Å². The zero-order valence-corrected chi connectivity index (χ0v) is 14.7. The van der Waals surface area contributed by atoms with Gasteiger partial charge in [-0.1, -0.05) is 12.6 Å². The summed E-state index contributed by atoms with van der Waals surface area (Å²) in [4.78, 5) is 21.7. The quantitative estimate of drug-likeness (QED) is 0.361. The van der Waals surface area contributed by atoms with Crippen molar-refractivity contribution in [3.63, 3.8) is 0 Å². The lowest BCUT2D eigenvalue weighted by Crippen LogP contribution is -2.25. The Labute approximate surface area is 155 Å². The molecule has 0 atom stereocenters. The zero-order chi connectivity index (χ0) is 19.2. The van der Waals surface area contributed by atoms with Gasteiger partial charge in [0.1, 0.15) is 31.2 Å². The van der Waals surface area contributed by atoms with E-state index in [9.17, 15) is 9.18 Å². The van der Waals surface area contributed by atoms with Crippen molar-refractivity contribution in [2.24, 2.45) is 0 Å². The number of nitrogens with zero attached hydrogens (tertiary/aromatic N) is 2. The number of benzene rings is 1. The molecule has 0 unspecified atom stereocenters. The molecule has 2 aromatic heterocycles. The fourth-order valence-corrected chi connectivity index (χ4v) is 2.52. The molecule has 3 rings (SSSR count). The van der Waals surface area contributed by atoms with E-state index in [1.807, 2.05) is 0 Å². The van der Waals surface area contributed by atoms with Crippen LogP contribution in [-0.4, -0.2) is 28.5 Å². The number of hydrogen-bond acceptors (Lipinski definition) is 5. The van der Waals surface area contributed by atoms with Crippen LogP contribution < -0.4 is 10.8 Å². The van der Waals surface area contributed by atoms with Crippen molar-refractivity contribution >= 4 is 22.9 Å². The van der Waals surface area contributed by atoms with Crippen LogP contribution in [0.2, 0.25) is 0 Å². The maximum atomic E-state index is 14.3. The number of halogens is 1. The zero-order valence-electron chi connectivity index (χ0n) is 14.7. The summed E-state index contributed by atoms with van der Waals surface area (Å²) in [5.74, 6) is -0.519. The molecule has 2 N–H and O–H groups in total. The first kappa shape index (κ1) is 18.4. The highest BCUT2D eigenvalue weighted by molar-refractivity contribution is 6.01. The highest BCUT2D eigenvalue weighted by Crippen LogP contribution is 2.27. The number of carbonyl (C=O) groups is 1. The third-order valence-electron chi connectivity index (χ3n) is 3.79. The van der Waals surface area contributed by atoms with Crippen molar-refractivity contribution < 1.29 is 18.8 Å². The molecule has 1 amide bonds. The highest BCUT2D eigenvalue weighted by Gasteiger charge is 2.18. The lowest BCUT2D eigenvalue weighted by atomic mass is 10.2. The average Bonchev–Trinajstić information content (AvgIpc) is 3.02. The lowest BCUT2D eigenvalue weighted by molar-refractivity contribution is 0.0145. The molecule has 0 aliphatic carbocycles. The number of hydrogen-bond donors (Lipinski definition) is 2. The summed E-state index contributed by atoms with van der Waals surface area (Å²) in [6, 6.07) is 8.22. The van der Waals surface area contributed by atoms with Crippen molar-refractivity contribution in [1.82, 2.24) is 14.9 Å². The molecule has 140 valence electrons. The van der Waals surface area contributed by atoms with E-state index in [1.165, 1.54) is 12.3 Å². The second-order valence-electron chi connectivity index (χ2n) is 5.71. The van der Waals surface area contributed by atoms with Crippen molar-refractivity contribution in [2.45, 2.75) is 6.92 Å². The Morgan fingerprint density at radius 3 is 2.96 bits per heavy atom. The maximum Gasteiger partial charge on any atom is 0.278 e. The van der Waals surface area contributed by atoms with Gasteiger partial charge in [0.2, 0.25) is 0 Å². The number of amides is 1. The van der Waals surface area contributed by atoms with Gasteiger partial charge in [0.25, 0.3) is 5.91 Å². The molecular weight excluding hydrogens is 351 g/mol. The van der Waals surface area contributed by atoms with Crippen molar-refractivity contribution in [3.05, 3.63) is 72.6 Å². The molecule has 0 saturated carbocycles. The molecule has 1 aromatic carbocycles. The number of aromatic nitrogens is 2. The lowest BCUT2D eigenvalue weighted by Gasteiger charge is -2.11. The number of aryl methyl sites for hydroxylation is 1. The monoisotopic (exact) mass is 370 g/mol. The van der Waals surface area contributed by atoms with Crippen LogP contribution in [0.1, 0.15) is 15.9 Å². The Bertz CT molecular complexity index is 971. The van der Waals surface area contributed by atoms with Crippen LogP contribution in [0.25, 0.3) is 5.52 Å². The number of hydroxylamine groups is 1. The predicted molar refractivity (Wildman–Crippen MR) is 99.2 cm³/mol. The summed E-state index contributed by atoms with van der Waals surface area (Å²) >= 11 is 0. The number of nitrogens with one attached hydrogen (secondary N) is 2. The second kappa shape index (κ2) is 8.33. The van der Waals surface area contributed by atoms with Crippen molar-refractivity contribution in [1.29, 1.82) is 0 Å². The first-order valence-electron chi connectivity index (χ1n) is 8.23. The molecule has 0 bridgehead atoms. The average molecular weight is 370 g/mol. The van der Waals surface area contributed by atoms with Gasteiger partial charge in [-0.2, -0.15) is 0 Å². The second-order valence-corrected chi connectivity index (χ2v) is 5.71. The normalized spacial score (nSPS) is 10.6. The standard InChI is InChI=1S/C19H19FN4O3/c1-3-26-8-9-27-23-19(25)15-11-14-6-7-21-12-24(14)18(15)22-17-5-4-13(2)10-16(17)20/h3-7,10-12,22H,1,8-9H2,2H3,(H,23,25). The van der Waals surface area contributed by atoms with Crippen molar-refractivity contribution in [2.75, 3.05) is 18.5 Å². The minimum atomic E-state index is -0.479. The highest BCUT2D eigenvalue weighted by atomic mass is 19.1. The molecule has 2 heterocycles. The Hall–Kier alpha value is -3.39. The van der Waals surface area contributed by atoms with Crippen LogP contribution in [0, 0.1) is 12.7 Å². The van der Waals surface area contributed by atoms with Gasteiger partial charge in [-0.3, -0.25) is 14.0 Å². The number of fused-ring (bicyclic) bond motifs is 1. The third kappa shape index (κ3) is 4.24. The molecule has 0 spiro atoms. The van der Waals surface area contributed by atoms with Gasteiger partial charge >= 0.3 is 0 Å². The van der Waals surface area contributed by atoms with Crippen LogP contribution in [0.4, 0.5) is 15.9 Å². The largest absolute Gasteiger partial charge is 0.499 e. The topological polar surface area (TPSA) is 76.9 Å². The Morgan fingerprint density at radius 1 is 1.33 bits per heavy atom. The van der Waals surface area contributed by atoms with Crippen LogP contribution in [0.5, 0.6) is 0 Å². The summed E-state index contributed by atoms with van der Waals surface area (Å²) < 4.78 is 20.8. The van der Waals surface area contributed by atoms with Gasteiger partial charge in [-0.25, -0.2) is 14.9 Å². The molecule has 8 heteroatoms. The van der Waals surface area contributed by atoms with Crippen LogP contribution in [0.3, 0.4) is 0 Å². The number of anilines is 2. The number of carbonyl (C=O) groups excluding carboxylic acids is 1. The van der Waals surface area contributed by atoms with Crippen LogP contribution in [0.15, 0.2) is 55.7 Å². The summed E-state index contributed by atoms with van der Waals surface area (Å²) in [5.41, 5.74) is 4.40. The summed E-state index contributed by atoms with van der Waals surface area (Å²) in [7, 11) is 0. The minimum absolute atomic E-state index is 0.155. The van der Waals surface area contributed by atoms with E-state index < -0.39 is 11.7 Å².